The molecule has 3 aromatic rings. The van der Waals surface area contributed by atoms with Gasteiger partial charge in [-0.1, -0.05) is 23.8 Å². The largest absolute Gasteiger partial charge is 0.548 e. The standard InChI is InChI=1S/C16H14N2O3S/c1-9-3-4-11(10(2)5-9)12-7-22-15-14(12)16(21)18(8-17-15)6-13(19)20/h3-5,7-8H,6H2,1-2H3,(H,19,20)/p-1. The minimum absolute atomic E-state index is 0.356. The lowest BCUT2D eigenvalue weighted by Gasteiger charge is -2.08. The number of fused-ring (bicyclic) bond motifs is 1. The van der Waals surface area contributed by atoms with Gasteiger partial charge in [0.15, 0.2) is 0 Å². The van der Waals surface area contributed by atoms with Crippen molar-refractivity contribution < 1.29 is 9.90 Å². The highest BCUT2D eigenvalue weighted by molar-refractivity contribution is 7.17. The van der Waals surface area contributed by atoms with E-state index in [0.717, 1.165) is 26.8 Å². The van der Waals surface area contributed by atoms with E-state index >= 15 is 0 Å². The van der Waals surface area contributed by atoms with Gasteiger partial charge < -0.3 is 9.90 Å². The molecule has 0 saturated carbocycles. The number of carboxylic acid groups (broad SMARTS) is 1. The molecule has 0 radical (unpaired) electrons. The van der Waals surface area contributed by atoms with Crippen molar-refractivity contribution in [3.05, 3.63) is 51.4 Å². The Bertz CT molecular complexity index is 940. The molecule has 0 spiro atoms. The smallest absolute Gasteiger partial charge is 0.263 e. The molecule has 112 valence electrons. The molecule has 3 rings (SSSR count). The third kappa shape index (κ3) is 2.42. The fourth-order valence-corrected chi connectivity index (χ4v) is 3.43. The molecule has 0 saturated heterocycles. The Kier molecular flexibility index (Phi) is 3.54. The van der Waals surface area contributed by atoms with Crippen LogP contribution in [0.25, 0.3) is 21.3 Å². The first-order valence-electron chi connectivity index (χ1n) is 6.71. The summed E-state index contributed by atoms with van der Waals surface area (Å²) in [6.07, 6.45) is 1.25. The Morgan fingerprint density at radius 3 is 2.77 bits per heavy atom. The van der Waals surface area contributed by atoms with Crippen LogP contribution in [-0.4, -0.2) is 15.5 Å². The van der Waals surface area contributed by atoms with Gasteiger partial charge in [0.2, 0.25) is 0 Å². The van der Waals surface area contributed by atoms with E-state index in [4.69, 9.17) is 0 Å². The average Bonchev–Trinajstić information content (AvgIpc) is 2.86. The van der Waals surface area contributed by atoms with Crippen molar-refractivity contribution in [2.24, 2.45) is 0 Å². The van der Waals surface area contributed by atoms with Gasteiger partial charge in [0.25, 0.3) is 5.56 Å². The van der Waals surface area contributed by atoms with Gasteiger partial charge in [0, 0.05) is 10.9 Å². The Hall–Kier alpha value is -2.47. The Balaban J connectivity index is 2.27. The number of hydrogen-bond acceptors (Lipinski definition) is 5. The van der Waals surface area contributed by atoms with Crippen molar-refractivity contribution in [1.29, 1.82) is 0 Å². The van der Waals surface area contributed by atoms with E-state index in [9.17, 15) is 14.7 Å². The van der Waals surface area contributed by atoms with Crippen LogP contribution in [0.3, 0.4) is 0 Å². The summed E-state index contributed by atoms with van der Waals surface area (Å²) in [6, 6.07) is 6.01. The van der Waals surface area contributed by atoms with Crippen LogP contribution in [0.5, 0.6) is 0 Å². The van der Waals surface area contributed by atoms with E-state index in [1.165, 1.54) is 17.7 Å². The van der Waals surface area contributed by atoms with Crippen molar-refractivity contribution >= 4 is 27.5 Å². The number of rotatable bonds is 3. The maximum Gasteiger partial charge on any atom is 0.263 e. The number of aliphatic carboxylic acids is 1. The van der Waals surface area contributed by atoms with Crippen molar-refractivity contribution in [2.45, 2.75) is 20.4 Å². The van der Waals surface area contributed by atoms with E-state index in [-0.39, 0.29) is 5.56 Å². The van der Waals surface area contributed by atoms with Gasteiger partial charge in [-0.15, -0.1) is 11.3 Å². The van der Waals surface area contributed by atoms with E-state index in [1.54, 1.807) is 0 Å². The summed E-state index contributed by atoms with van der Waals surface area (Å²) in [4.78, 5) is 28.1. The first kappa shape index (κ1) is 14.5. The summed E-state index contributed by atoms with van der Waals surface area (Å²) in [7, 11) is 0. The number of hydrogen-bond donors (Lipinski definition) is 0. The second-order valence-corrected chi connectivity index (χ2v) is 6.06. The number of aromatic nitrogens is 2. The highest BCUT2D eigenvalue weighted by Crippen LogP contribution is 2.32. The summed E-state index contributed by atoms with van der Waals surface area (Å²) in [5.41, 5.74) is 3.61. The van der Waals surface area contributed by atoms with E-state index in [1.807, 2.05) is 31.4 Å². The number of carbonyl (C=O) groups is 1. The monoisotopic (exact) mass is 313 g/mol. The Labute approximate surface area is 130 Å². The number of carboxylic acids is 1. The molecule has 22 heavy (non-hydrogen) atoms. The van der Waals surface area contributed by atoms with Gasteiger partial charge in [-0.3, -0.25) is 9.36 Å². The van der Waals surface area contributed by atoms with Gasteiger partial charge in [-0.2, -0.15) is 0 Å². The first-order valence-corrected chi connectivity index (χ1v) is 7.59. The van der Waals surface area contributed by atoms with Crippen LogP contribution in [0, 0.1) is 13.8 Å². The maximum absolute atomic E-state index is 12.5. The molecule has 0 amide bonds. The lowest BCUT2D eigenvalue weighted by atomic mass is 9.99. The molecule has 6 heteroatoms. The van der Waals surface area contributed by atoms with Crippen LogP contribution >= 0.6 is 11.3 Å². The minimum Gasteiger partial charge on any atom is -0.548 e. The van der Waals surface area contributed by atoms with Crippen LogP contribution in [0.2, 0.25) is 0 Å². The molecule has 0 aliphatic carbocycles. The molecule has 2 heterocycles. The number of carbonyl (C=O) groups excluding carboxylic acids is 1. The van der Waals surface area contributed by atoms with Crippen LogP contribution in [0.4, 0.5) is 0 Å². The summed E-state index contributed by atoms with van der Waals surface area (Å²) in [5.74, 6) is -1.31. The quantitative estimate of drug-likeness (QED) is 0.734. The lowest BCUT2D eigenvalue weighted by Crippen LogP contribution is -2.32. The van der Waals surface area contributed by atoms with E-state index < -0.39 is 12.5 Å². The second kappa shape index (κ2) is 5.38. The summed E-state index contributed by atoms with van der Waals surface area (Å²) >= 11 is 1.38. The van der Waals surface area contributed by atoms with Crippen LogP contribution in [0.15, 0.2) is 34.7 Å². The highest BCUT2D eigenvalue weighted by Gasteiger charge is 2.14. The van der Waals surface area contributed by atoms with Crippen molar-refractivity contribution in [1.82, 2.24) is 9.55 Å². The predicted molar refractivity (Wildman–Crippen MR) is 83.8 cm³/mol. The zero-order valence-electron chi connectivity index (χ0n) is 12.1. The average molecular weight is 313 g/mol. The molecule has 0 atom stereocenters. The maximum atomic E-state index is 12.5. The molecule has 1 aromatic carbocycles. The molecule has 0 aliphatic heterocycles. The Morgan fingerprint density at radius 2 is 2.09 bits per heavy atom. The SMILES string of the molecule is Cc1ccc(-c2csc3ncn(CC(=O)[O-])c(=O)c23)c(C)c1. The van der Waals surface area contributed by atoms with Crippen molar-refractivity contribution in [2.75, 3.05) is 0 Å². The number of aryl methyl sites for hydroxylation is 2. The predicted octanol–water partition coefficient (Wildman–Crippen LogP) is 1.49. The molecule has 0 aliphatic rings. The van der Waals surface area contributed by atoms with Crippen LogP contribution < -0.4 is 10.7 Å². The number of thiophene rings is 1. The lowest BCUT2D eigenvalue weighted by molar-refractivity contribution is -0.306. The summed E-state index contributed by atoms with van der Waals surface area (Å²) in [6.45, 7) is 3.50. The topological polar surface area (TPSA) is 75.0 Å². The molecular formula is C16H13N2O3S-. The molecule has 0 fully saturated rings. The first-order chi connectivity index (χ1) is 10.5. The molecule has 0 N–H and O–H groups in total. The number of nitrogens with zero attached hydrogens (tertiary/aromatic N) is 2. The fourth-order valence-electron chi connectivity index (χ4n) is 2.53. The van der Waals surface area contributed by atoms with Crippen molar-refractivity contribution in [3.8, 4) is 11.1 Å². The molecule has 2 aromatic heterocycles. The van der Waals surface area contributed by atoms with Crippen LogP contribution in [0.1, 0.15) is 11.1 Å². The van der Waals surface area contributed by atoms with E-state index in [0.29, 0.717) is 10.2 Å². The van der Waals surface area contributed by atoms with E-state index in [2.05, 4.69) is 11.1 Å². The fraction of sp³-hybridized carbons (Fsp3) is 0.188. The third-order valence-corrected chi connectivity index (χ3v) is 4.42. The van der Waals surface area contributed by atoms with Crippen LogP contribution in [-0.2, 0) is 11.3 Å². The molecule has 5 nitrogen and oxygen atoms in total. The van der Waals surface area contributed by atoms with Gasteiger partial charge in [-0.05, 0) is 25.0 Å². The van der Waals surface area contributed by atoms with Gasteiger partial charge in [0.05, 0.1) is 24.2 Å². The minimum atomic E-state index is -1.31. The highest BCUT2D eigenvalue weighted by atomic mass is 32.1. The summed E-state index contributed by atoms with van der Waals surface area (Å²) < 4.78 is 1.07. The normalized spacial score (nSPS) is 11.0. The zero-order chi connectivity index (χ0) is 15.9. The van der Waals surface area contributed by atoms with Gasteiger partial charge >= 0.3 is 0 Å². The Morgan fingerprint density at radius 1 is 1.32 bits per heavy atom. The van der Waals surface area contributed by atoms with Gasteiger partial charge in [0.1, 0.15) is 4.83 Å². The second-order valence-electron chi connectivity index (χ2n) is 5.20. The molecular weight excluding hydrogens is 300 g/mol. The molecule has 0 bridgehead atoms. The molecule has 0 unspecified atom stereocenters. The zero-order valence-corrected chi connectivity index (χ0v) is 12.9. The third-order valence-electron chi connectivity index (χ3n) is 3.53. The number of benzene rings is 1. The van der Waals surface area contributed by atoms with Crippen molar-refractivity contribution in [3.63, 3.8) is 0 Å². The summed E-state index contributed by atoms with van der Waals surface area (Å²) in [5, 5.41) is 13.1. The van der Waals surface area contributed by atoms with Gasteiger partial charge in [-0.25, -0.2) is 4.98 Å².